The second-order valence-corrected chi connectivity index (χ2v) is 10.1. The van der Waals surface area contributed by atoms with Crippen LogP contribution in [0.25, 0.3) is 22.4 Å². The fraction of sp³-hybridized carbons (Fsp3) is 0.200. The quantitative estimate of drug-likeness (QED) is 0.304. The van der Waals surface area contributed by atoms with Crippen molar-refractivity contribution in [3.8, 4) is 17.1 Å². The topological polar surface area (TPSA) is 115 Å². The van der Waals surface area contributed by atoms with Crippen molar-refractivity contribution in [1.82, 2.24) is 24.2 Å². The molecule has 0 fully saturated rings. The molecular weight excluding hydrogens is 579 g/mol. The number of methoxy groups -OCH3 is 1. The Hall–Kier alpha value is -5.53. The zero-order valence-corrected chi connectivity index (χ0v) is 23.8. The molecule has 14 heteroatoms. The number of hydrogen-bond donors (Lipinski definition) is 2. The van der Waals surface area contributed by atoms with Gasteiger partial charge in [0.25, 0.3) is 5.56 Å². The summed E-state index contributed by atoms with van der Waals surface area (Å²) in [7, 11) is 3.01. The molecular formula is C30H26F3N7O4. The summed E-state index contributed by atoms with van der Waals surface area (Å²) in [5.41, 5.74) is -0.852. The van der Waals surface area contributed by atoms with Crippen molar-refractivity contribution in [3.05, 3.63) is 104 Å². The number of carbonyl (C=O) groups is 1. The Kier molecular flexibility index (Phi) is 7.11. The standard InChI is InChI=1S/C30H26F3N7O4/c1-4-34-29(42)35-16-11-12-20-22(13-16)37(2)15-23-25-27(36-40(20)23)38(14-17-18(31)7-5-8-19(17)32)30(43)39(28(25)41)21-9-6-10-24(44-3)26(21)33/h5-13H,4,14-15H2,1-3H3,(H2,34,35,42). The van der Waals surface area contributed by atoms with Gasteiger partial charge < -0.3 is 20.3 Å². The molecule has 0 saturated heterocycles. The lowest BCUT2D eigenvalue weighted by Crippen LogP contribution is -2.40. The molecule has 2 amide bonds. The first-order valence-corrected chi connectivity index (χ1v) is 13.6. The van der Waals surface area contributed by atoms with E-state index in [9.17, 15) is 23.2 Å². The minimum atomic E-state index is -1.05. The molecule has 0 saturated carbocycles. The van der Waals surface area contributed by atoms with Gasteiger partial charge in [0.1, 0.15) is 17.0 Å². The van der Waals surface area contributed by atoms with Crippen LogP contribution in [0.3, 0.4) is 0 Å². The largest absolute Gasteiger partial charge is 0.494 e. The molecule has 0 radical (unpaired) electrons. The van der Waals surface area contributed by atoms with Gasteiger partial charge in [-0.1, -0.05) is 12.1 Å². The number of amides is 2. The molecule has 3 aromatic carbocycles. The number of fused-ring (bicyclic) bond motifs is 5. The highest BCUT2D eigenvalue weighted by Crippen LogP contribution is 2.35. The van der Waals surface area contributed by atoms with E-state index in [2.05, 4.69) is 15.7 Å². The highest BCUT2D eigenvalue weighted by Gasteiger charge is 2.30. The molecule has 3 heterocycles. The SMILES string of the molecule is CCNC(=O)Nc1ccc2c(c1)N(C)Cc1c3c(=O)n(-c4cccc(OC)c4F)c(=O)n(Cc4c(F)cccc4F)c3nn1-2. The third kappa shape index (κ3) is 4.55. The molecule has 2 aromatic heterocycles. The highest BCUT2D eigenvalue weighted by molar-refractivity contribution is 5.91. The molecule has 2 N–H and O–H groups in total. The van der Waals surface area contributed by atoms with Crippen molar-refractivity contribution in [2.75, 3.05) is 30.9 Å². The van der Waals surface area contributed by atoms with E-state index in [4.69, 9.17) is 4.74 Å². The predicted octanol–water partition coefficient (Wildman–Crippen LogP) is 3.90. The van der Waals surface area contributed by atoms with Crippen LogP contribution >= 0.6 is 0 Å². The zero-order valence-electron chi connectivity index (χ0n) is 23.8. The van der Waals surface area contributed by atoms with Gasteiger partial charge in [0.2, 0.25) is 0 Å². The summed E-state index contributed by atoms with van der Waals surface area (Å²) in [6.07, 6.45) is 0. The average molecular weight is 606 g/mol. The number of rotatable bonds is 6. The molecule has 44 heavy (non-hydrogen) atoms. The van der Waals surface area contributed by atoms with Crippen molar-refractivity contribution in [1.29, 1.82) is 0 Å². The van der Waals surface area contributed by atoms with E-state index in [1.165, 1.54) is 36.1 Å². The van der Waals surface area contributed by atoms with Crippen molar-refractivity contribution in [2.45, 2.75) is 20.0 Å². The van der Waals surface area contributed by atoms with Crippen molar-refractivity contribution < 1.29 is 22.7 Å². The van der Waals surface area contributed by atoms with Gasteiger partial charge in [0, 0.05) is 24.8 Å². The molecule has 5 aromatic rings. The van der Waals surface area contributed by atoms with E-state index >= 15 is 4.39 Å². The van der Waals surface area contributed by atoms with Gasteiger partial charge >= 0.3 is 11.7 Å². The lowest BCUT2D eigenvalue weighted by Gasteiger charge is -2.28. The number of nitrogens with zero attached hydrogens (tertiary/aromatic N) is 5. The minimum Gasteiger partial charge on any atom is -0.494 e. The van der Waals surface area contributed by atoms with Crippen molar-refractivity contribution in [3.63, 3.8) is 0 Å². The Bertz CT molecular complexity index is 2070. The van der Waals surface area contributed by atoms with Crippen LogP contribution in [0.4, 0.5) is 29.3 Å². The summed E-state index contributed by atoms with van der Waals surface area (Å²) in [6.45, 7) is 1.72. The molecule has 0 atom stereocenters. The van der Waals surface area contributed by atoms with Crippen LogP contribution in [0.5, 0.6) is 5.75 Å². The number of hydrogen-bond acceptors (Lipinski definition) is 6. The fourth-order valence-corrected chi connectivity index (χ4v) is 5.36. The minimum absolute atomic E-state index is 0.0365. The normalized spacial score (nSPS) is 12.2. The summed E-state index contributed by atoms with van der Waals surface area (Å²) < 4.78 is 53.2. The Labute approximate surface area is 247 Å². The molecule has 0 spiro atoms. The molecule has 226 valence electrons. The van der Waals surface area contributed by atoms with Crippen LogP contribution in [-0.2, 0) is 13.1 Å². The van der Waals surface area contributed by atoms with E-state index in [1.807, 2.05) is 4.90 Å². The second kappa shape index (κ2) is 10.9. The van der Waals surface area contributed by atoms with Gasteiger partial charge in [-0.3, -0.25) is 9.36 Å². The lowest BCUT2D eigenvalue weighted by atomic mass is 10.1. The number of urea groups is 1. The summed E-state index contributed by atoms with van der Waals surface area (Å²) in [5.74, 6) is -2.98. The number of benzene rings is 3. The van der Waals surface area contributed by atoms with E-state index < -0.39 is 46.5 Å². The average Bonchev–Trinajstić information content (AvgIpc) is 3.37. The van der Waals surface area contributed by atoms with Gasteiger partial charge in [0.15, 0.2) is 17.2 Å². The Morgan fingerprint density at radius 3 is 2.43 bits per heavy atom. The molecule has 1 aliphatic heterocycles. The summed E-state index contributed by atoms with van der Waals surface area (Å²) in [5, 5.41) is 9.96. The zero-order chi connectivity index (χ0) is 31.3. The van der Waals surface area contributed by atoms with Crippen LogP contribution in [0.2, 0.25) is 0 Å². The Morgan fingerprint density at radius 2 is 1.73 bits per heavy atom. The first-order chi connectivity index (χ1) is 21.1. The summed E-state index contributed by atoms with van der Waals surface area (Å²) in [4.78, 5) is 42.0. The first-order valence-electron chi connectivity index (χ1n) is 13.6. The summed E-state index contributed by atoms with van der Waals surface area (Å²) >= 11 is 0. The molecule has 0 bridgehead atoms. The van der Waals surface area contributed by atoms with E-state index in [0.717, 1.165) is 16.7 Å². The van der Waals surface area contributed by atoms with Gasteiger partial charge in [-0.25, -0.2) is 32.0 Å². The third-order valence-electron chi connectivity index (χ3n) is 7.44. The van der Waals surface area contributed by atoms with Gasteiger partial charge in [0.05, 0.1) is 43.0 Å². The maximum atomic E-state index is 15.5. The van der Waals surface area contributed by atoms with Crippen molar-refractivity contribution >= 4 is 28.4 Å². The van der Waals surface area contributed by atoms with Crippen LogP contribution < -0.4 is 31.5 Å². The monoisotopic (exact) mass is 605 g/mol. The van der Waals surface area contributed by atoms with E-state index in [-0.39, 0.29) is 29.4 Å². The Morgan fingerprint density at radius 1 is 1.00 bits per heavy atom. The smallest absolute Gasteiger partial charge is 0.337 e. The van der Waals surface area contributed by atoms with Crippen LogP contribution in [-0.4, -0.2) is 45.6 Å². The van der Waals surface area contributed by atoms with Crippen LogP contribution in [0, 0.1) is 17.5 Å². The van der Waals surface area contributed by atoms with Gasteiger partial charge in [-0.15, -0.1) is 5.10 Å². The number of carbonyl (C=O) groups excluding carboxylic acids is 1. The highest BCUT2D eigenvalue weighted by atomic mass is 19.1. The fourth-order valence-electron chi connectivity index (χ4n) is 5.36. The van der Waals surface area contributed by atoms with Crippen LogP contribution in [0.1, 0.15) is 18.2 Å². The Balaban J connectivity index is 1.64. The third-order valence-corrected chi connectivity index (χ3v) is 7.44. The first kappa shape index (κ1) is 28.6. The van der Waals surface area contributed by atoms with Crippen molar-refractivity contribution in [2.24, 2.45) is 0 Å². The van der Waals surface area contributed by atoms with Gasteiger partial charge in [-0.2, -0.15) is 0 Å². The molecule has 0 aliphatic carbocycles. The lowest BCUT2D eigenvalue weighted by molar-refractivity contribution is 0.252. The molecule has 6 rings (SSSR count). The number of nitrogens with one attached hydrogen (secondary N) is 2. The number of anilines is 2. The second-order valence-electron chi connectivity index (χ2n) is 10.1. The molecule has 1 aliphatic rings. The summed E-state index contributed by atoms with van der Waals surface area (Å²) in [6, 6.07) is 11.9. The predicted molar refractivity (Wildman–Crippen MR) is 158 cm³/mol. The van der Waals surface area contributed by atoms with Crippen LogP contribution in [0.15, 0.2) is 64.2 Å². The maximum Gasteiger partial charge on any atom is 0.337 e. The number of aromatic nitrogens is 4. The maximum absolute atomic E-state index is 15.5. The molecule has 0 unspecified atom stereocenters. The number of halogens is 3. The number of ether oxygens (including phenoxy) is 1. The van der Waals surface area contributed by atoms with E-state index in [1.54, 1.807) is 32.2 Å². The van der Waals surface area contributed by atoms with E-state index in [0.29, 0.717) is 33.9 Å². The molecule has 11 nitrogen and oxygen atoms in total. The van der Waals surface area contributed by atoms with Gasteiger partial charge in [-0.05, 0) is 49.4 Å².